The molecule has 0 radical (unpaired) electrons. The summed E-state index contributed by atoms with van der Waals surface area (Å²) >= 11 is 0. The maximum absolute atomic E-state index is 12.2. The van der Waals surface area contributed by atoms with Gasteiger partial charge in [-0.2, -0.15) is 0 Å². The van der Waals surface area contributed by atoms with E-state index in [9.17, 15) is 4.79 Å². The van der Waals surface area contributed by atoms with E-state index in [-0.39, 0.29) is 11.6 Å². The van der Waals surface area contributed by atoms with E-state index in [4.69, 9.17) is 0 Å². The first-order valence-corrected chi connectivity index (χ1v) is 6.61. The van der Waals surface area contributed by atoms with E-state index in [0.29, 0.717) is 6.04 Å². The van der Waals surface area contributed by atoms with Crippen molar-refractivity contribution in [1.29, 1.82) is 0 Å². The Morgan fingerprint density at radius 1 is 1.35 bits per heavy atom. The Kier molecular flexibility index (Phi) is 4.80. The van der Waals surface area contributed by atoms with Crippen LogP contribution in [0.25, 0.3) is 0 Å². The van der Waals surface area contributed by atoms with E-state index in [1.807, 2.05) is 25.7 Å². The van der Waals surface area contributed by atoms with Crippen LogP contribution in [-0.2, 0) is 0 Å². The van der Waals surface area contributed by atoms with Crippen LogP contribution in [0, 0.1) is 0 Å². The van der Waals surface area contributed by atoms with Crippen LogP contribution in [0.5, 0.6) is 0 Å². The highest BCUT2D eigenvalue weighted by Crippen LogP contribution is 2.13. The summed E-state index contributed by atoms with van der Waals surface area (Å²) < 4.78 is 0. The van der Waals surface area contributed by atoms with Gasteiger partial charge in [-0.3, -0.25) is 0 Å². The van der Waals surface area contributed by atoms with Crippen LogP contribution in [0.3, 0.4) is 0 Å². The molecule has 0 saturated carbocycles. The highest BCUT2D eigenvalue weighted by molar-refractivity contribution is 5.75. The average Bonchev–Trinajstić information content (AvgIpc) is 2.36. The highest BCUT2D eigenvalue weighted by Gasteiger charge is 2.27. The molecule has 2 amide bonds. The lowest BCUT2D eigenvalue weighted by Crippen LogP contribution is -2.53. The van der Waals surface area contributed by atoms with Crippen LogP contribution >= 0.6 is 0 Å². The molecule has 1 aliphatic rings. The number of nitrogens with one attached hydrogen (secondary N) is 1. The van der Waals surface area contributed by atoms with Crippen molar-refractivity contribution >= 4 is 6.03 Å². The van der Waals surface area contributed by atoms with Crippen molar-refractivity contribution in [2.45, 2.75) is 52.1 Å². The molecule has 1 heterocycles. The number of amides is 2. The third kappa shape index (κ3) is 4.54. The van der Waals surface area contributed by atoms with Crippen molar-refractivity contribution in [3.63, 3.8) is 0 Å². The standard InChI is InChI=1S/C13H27N3O/c1-6-11-10-15(5)8-7-9-16(11)12(17)14-13(2,3)4/h11H,6-10H2,1-5H3,(H,14,17). The first kappa shape index (κ1) is 14.3. The molecule has 1 saturated heterocycles. The number of hydrogen-bond acceptors (Lipinski definition) is 2. The van der Waals surface area contributed by atoms with Crippen molar-refractivity contribution in [1.82, 2.24) is 15.1 Å². The van der Waals surface area contributed by atoms with Gasteiger partial charge in [-0.25, -0.2) is 4.79 Å². The second-order valence-corrected chi connectivity index (χ2v) is 6.05. The first-order chi connectivity index (χ1) is 7.83. The number of carbonyl (C=O) groups is 1. The summed E-state index contributed by atoms with van der Waals surface area (Å²) in [5, 5.41) is 3.06. The minimum Gasteiger partial charge on any atom is -0.333 e. The van der Waals surface area contributed by atoms with Crippen molar-refractivity contribution in [3.05, 3.63) is 0 Å². The molecule has 17 heavy (non-hydrogen) atoms. The van der Waals surface area contributed by atoms with E-state index in [1.54, 1.807) is 0 Å². The number of urea groups is 1. The summed E-state index contributed by atoms with van der Waals surface area (Å²) in [7, 11) is 2.13. The molecule has 1 atom stereocenters. The highest BCUT2D eigenvalue weighted by atomic mass is 16.2. The van der Waals surface area contributed by atoms with Gasteiger partial charge in [-0.05, 0) is 47.2 Å². The zero-order valence-corrected chi connectivity index (χ0v) is 11.9. The van der Waals surface area contributed by atoms with Crippen molar-refractivity contribution < 1.29 is 4.79 Å². The maximum Gasteiger partial charge on any atom is 0.318 e. The lowest BCUT2D eigenvalue weighted by Gasteiger charge is -2.33. The lowest BCUT2D eigenvalue weighted by molar-refractivity contribution is 0.162. The summed E-state index contributed by atoms with van der Waals surface area (Å²) in [4.78, 5) is 16.6. The van der Waals surface area contributed by atoms with Crippen molar-refractivity contribution in [2.24, 2.45) is 0 Å². The van der Waals surface area contributed by atoms with Gasteiger partial charge in [0.1, 0.15) is 0 Å². The fourth-order valence-corrected chi connectivity index (χ4v) is 2.25. The van der Waals surface area contributed by atoms with Crippen LogP contribution in [0.15, 0.2) is 0 Å². The molecule has 0 aliphatic carbocycles. The van der Waals surface area contributed by atoms with Gasteiger partial charge in [0.15, 0.2) is 0 Å². The summed E-state index contributed by atoms with van der Waals surface area (Å²) in [6.07, 6.45) is 2.08. The van der Waals surface area contributed by atoms with Gasteiger partial charge in [0.25, 0.3) is 0 Å². The topological polar surface area (TPSA) is 35.6 Å². The van der Waals surface area contributed by atoms with Gasteiger partial charge in [0, 0.05) is 24.7 Å². The predicted octanol–water partition coefficient (Wildman–Crippen LogP) is 1.91. The van der Waals surface area contributed by atoms with Crippen LogP contribution in [0.1, 0.15) is 40.5 Å². The zero-order valence-electron chi connectivity index (χ0n) is 11.9. The molecule has 4 nitrogen and oxygen atoms in total. The molecule has 1 aliphatic heterocycles. The summed E-state index contributed by atoms with van der Waals surface area (Å²) in [5.41, 5.74) is -0.159. The van der Waals surface area contributed by atoms with E-state index >= 15 is 0 Å². The SMILES string of the molecule is CCC1CN(C)CCCN1C(=O)NC(C)(C)C. The molecule has 0 bridgehead atoms. The lowest BCUT2D eigenvalue weighted by atomic mass is 10.1. The quantitative estimate of drug-likeness (QED) is 0.761. The number of rotatable bonds is 1. The van der Waals surface area contributed by atoms with E-state index in [1.165, 1.54) is 0 Å². The fourth-order valence-electron chi connectivity index (χ4n) is 2.25. The first-order valence-electron chi connectivity index (χ1n) is 6.61. The molecule has 1 fully saturated rings. The Bertz CT molecular complexity index is 260. The normalized spacial score (nSPS) is 23.4. The molecular formula is C13H27N3O. The third-order valence-electron chi connectivity index (χ3n) is 3.12. The monoisotopic (exact) mass is 241 g/mol. The van der Waals surface area contributed by atoms with Gasteiger partial charge in [0.2, 0.25) is 0 Å². The maximum atomic E-state index is 12.2. The molecule has 0 aromatic carbocycles. The van der Waals surface area contributed by atoms with Crippen molar-refractivity contribution in [3.8, 4) is 0 Å². The predicted molar refractivity (Wildman–Crippen MR) is 71.2 cm³/mol. The van der Waals surface area contributed by atoms with Crippen LogP contribution in [-0.4, -0.2) is 54.1 Å². The Morgan fingerprint density at radius 3 is 2.53 bits per heavy atom. The molecule has 1 unspecified atom stereocenters. The second kappa shape index (κ2) is 5.71. The number of hydrogen-bond donors (Lipinski definition) is 1. The molecule has 0 aromatic rings. The minimum atomic E-state index is -0.159. The minimum absolute atomic E-state index is 0.0830. The van der Waals surface area contributed by atoms with E-state index < -0.39 is 0 Å². The molecule has 100 valence electrons. The van der Waals surface area contributed by atoms with Crippen LogP contribution in [0.4, 0.5) is 4.79 Å². The zero-order chi connectivity index (χ0) is 13.1. The largest absolute Gasteiger partial charge is 0.333 e. The molecule has 1 N–H and O–H groups in total. The number of likely N-dealkylation sites (N-methyl/N-ethyl adjacent to an activating group) is 1. The van der Waals surface area contributed by atoms with Crippen LogP contribution < -0.4 is 5.32 Å². The summed E-state index contributed by atoms with van der Waals surface area (Å²) in [5.74, 6) is 0. The fraction of sp³-hybridized carbons (Fsp3) is 0.923. The van der Waals surface area contributed by atoms with E-state index in [2.05, 4.69) is 24.2 Å². The van der Waals surface area contributed by atoms with Gasteiger partial charge in [0.05, 0.1) is 0 Å². The molecule has 1 rings (SSSR count). The van der Waals surface area contributed by atoms with Crippen LogP contribution in [0.2, 0.25) is 0 Å². The summed E-state index contributed by atoms with van der Waals surface area (Å²) in [6, 6.07) is 0.421. The summed E-state index contributed by atoms with van der Waals surface area (Å²) in [6.45, 7) is 11.2. The second-order valence-electron chi connectivity index (χ2n) is 6.05. The third-order valence-corrected chi connectivity index (χ3v) is 3.12. The molecule has 4 heteroatoms. The average molecular weight is 241 g/mol. The van der Waals surface area contributed by atoms with Gasteiger partial charge in [-0.15, -0.1) is 0 Å². The molecule has 0 aromatic heterocycles. The molecule has 0 spiro atoms. The smallest absolute Gasteiger partial charge is 0.318 e. The Hall–Kier alpha value is -0.770. The molecular weight excluding hydrogens is 214 g/mol. The number of carbonyl (C=O) groups excluding carboxylic acids is 1. The van der Waals surface area contributed by atoms with Crippen molar-refractivity contribution in [2.75, 3.05) is 26.7 Å². The Morgan fingerprint density at radius 2 is 2.00 bits per heavy atom. The van der Waals surface area contributed by atoms with Gasteiger partial charge in [-0.1, -0.05) is 6.92 Å². The number of nitrogens with zero attached hydrogens (tertiary/aromatic N) is 2. The Balaban J connectivity index is 2.68. The van der Waals surface area contributed by atoms with E-state index in [0.717, 1.165) is 32.5 Å². The Labute approximate surface area is 105 Å². The van der Waals surface area contributed by atoms with Gasteiger partial charge < -0.3 is 15.1 Å². The van der Waals surface area contributed by atoms with Gasteiger partial charge >= 0.3 is 6.03 Å².